The van der Waals surface area contributed by atoms with Crippen molar-refractivity contribution in [3.8, 4) is 0 Å². The summed E-state index contributed by atoms with van der Waals surface area (Å²) in [4.78, 5) is 16.8. The number of halogens is 2. The van der Waals surface area contributed by atoms with Crippen molar-refractivity contribution in [2.45, 2.75) is 6.42 Å². The fourth-order valence-electron chi connectivity index (χ4n) is 1.67. The molecule has 2 N–H and O–H groups in total. The van der Waals surface area contributed by atoms with E-state index < -0.39 is 0 Å². The van der Waals surface area contributed by atoms with E-state index >= 15 is 0 Å². The number of quaternary nitrogens is 1. The Morgan fingerprint density at radius 2 is 2.05 bits per heavy atom. The highest BCUT2D eigenvalue weighted by Gasteiger charge is 2.07. The van der Waals surface area contributed by atoms with Gasteiger partial charge in [-0.2, -0.15) is 0 Å². The highest BCUT2D eigenvalue weighted by atomic mass is 35.5. The predicted molar refractivity (Wildman–Crippen MR) is 66.8 cm³/mol. The molecular formula is C13H15ClFN3O. The summed E-state index contributed by atoms with van der Waals surface area (Å²) < 4.78 is 12.7. The molecule has 1 aliphatic heterocycles. The molecule has 1 aliphatic rings. The van der Waals surface area contributed by atoms with Crippen LogP contribution >= 0.6 is 0 Å². The van der Waals surface area contributed by atoms with Crippen LogP contribution in [0.15, 0.2) is 41.7 Å². The van der Waals surface area contributed by atoms with Crippen LogP contribution in [-0.2, 0) is 0 Å². The monoisotopic (exact) mass is 283 g/mol. The molecule has 6 heteroatoms. The van der Waals surface area contributed by atoms with Crippen molar-refractivity contribution >= 4 is 12.2 Å². The van der Waals surface area contributed by atoms with Gasteiger partial charge in [-0.25, -0.2) is 9.38 Å². The SMILES string of the molecule is O=C(NCCC[NH+]1C=CN=C1)c1ccc(F)cc1.[Cl-]. The first-order chi connectivity index (χ1) is 8.75. The molecule has 0 aromatic heterocycles. The van der Waals surface area contributed by atoms with Gasteiger partial charge in [-0.3, -0.25) is 9.69 Å². The van der Waals surface area contributed by atoms with Gasteiger partial charge in [-0.05, 0) is 24.3 Å². The lowest BCUT2D eigenvalue weighted by molar-refractivity contribution is -0.736. The number of rotatable bonds is 5. The largest absolute Gasteiger partial charge is 1.00 e. The molecule has 102 valence electrons. The minimum Gasteiger partial charge on any atom is -1.00 e. The molecular weight excluding hydrogens is 269 g/mol. The molecule has 0 radical (unpaired) electrons. The molecule has 0 saturated heterocycles. The molecule has 1 unspecified atom stereocenters. The van der Waals surface area contributed by atoms with Gasteiger partial charge in [-0.15, -0.1) is 0 Å². The number of hydrogen-bond donors (Lipinski definition) is 2. The van der Waals surface area contributed by atoms with Gasteiger partial charge in [-0.1, -0.05) is 0 Å². The molecule has 1 heterocycles. The number of carbonyl (C=O) groups excluding carboxylic acids is 1. The number of carbonyl (C=O) groups is 1. The Morgan fingerprint density at radius 3 is 2.68 bits per heavy atom. The van der Waals surface area contributed by atoms with E-state index in [0.29, 0.717) is 12.1 Å². The summed E-state index contributed by atoms with van der Waals surface area (Å²) in [6.07, 6.45) is 6.40. The summed E-state index contributed by atoms with van der Waals surface area (Å²) in [5, 5.41) is 2.80. The van der Waals surface area contributed by atoms with E-state index in [1.54, 1.807) is 6.20 Å². The Hall–Kier alpha value is -1.72. The number of nitrogens with zero attached hydrogens (tertiary/aromatic N) is 1. The summed E-state index contributed by atoms with van der Waals surface area (Å²) in [5.41, 5.74) is 0.478. The van der Waals surface area contributed by atoms with Crippen LogP contribution in [-0.4, -0.2) is 25.3 Å². The lowest BCUT2D eigenvalue weighted by Gasteiger charge is -2.07. The topological polar surface area (TPSA) is 45.9 Å². The zero-order chi connectivity index (χ0) is 12.8. The zero-order valence-corrected chi connectivity index (χ0v) is 11.0. The average molecular weight is 284 g/mol. The Kier molecular flexibility index (Phi) is 6.18. The number of nitrogens with one attached hydrogen (secondary N) is 2. The van der Waals surface area contributed by atoms with Gasteiger partial charge < -0.3 is 17.7 Å². The third-order valence-electron chi connectivity index (χ3n) is 2.65. The molecule has 4 nitrogen and oxygen atoms in total. The molecule has 0 saturated carbocycles. The number of hydrogen-bond acceptors (Lipinski definition) is 2. The van der Waals surface area contributed by atoms with Crippen LogP contribution in [0.25, 0.3) is 0 Å². The van der Waals surface area contributed by atoms with Crippen LogP contribution < -0.4 is 22.6 Å². The molecule has 1 aromatic rings. The third kappa shape index (κ3) is 4.81. The first-order valence-electron chi connectivity index (χ1n) is 5.85. The Balaban J connectivity index is 0.00000180. The maximum absolute atomic E-state index is 12.7. The van der Waals surface area contributed by atoms with E-state index in [1.807, 2.05) is 12.5 Å². The molecule has 1 atom stereocenters. The fourth-order valence-corrected chi connectivity index (χ4v) is 1.67. The zero-order valence-electron chi connectivity index (χ0n) is 10.3. The van der Waals surface area contributed by atoms with Crippen LogP contribution in [0, 0.1) is 5.82 Å². The van der Waals surface area contributed by atoms with Crippen molar-refractivity contribution in [1.82, 2.24) is 5.32 Å². The Bertz CT molecular complexity index is 461. The summed E-state index contributed by atoms with van der Waals surface area (Å²) >= 11 is 0. The van der Waals surface area contributed by atoms with Crippen molar-refractivity contribution in [1.29, 1.82) is 0 Å². The van der Waals surface area contributed by atoms with Crippen LogP contribution in [0.1, 0.15) is 16.8 Å². The van der Waals surface area contributed by atoms with Crippen molar-refractivity contribution in [2.24, 2.45) is 4.99 Å². The highest BCUT2D eigenvalue weighted by Crippen LogP contribution is 2.02. The average Bonchev–Trinajstić information content (AvgIpc) is 2.88. The summed E-state index contributed by atoms with van der Waals surface area (Å²) in [5.74, 6) is -0.508. The van der Waals surface area contributed by atoms with Gasteiger partial charge >= 0.3 is 0 Å². The number of aliphatic imine (C=N–C) groups is 1. The molecule has 0 spiro atoms. The maximum atomic E-state index is 12.7. The Labute approximate surface area is 117 Å². The maximum Gasteiger partial charge on any atom is 0.251 e. The second-order valence-corrected chi connectivity index (χ2v) is 4.04. The quantitative estimate of drug-likeness (QED) is 0.570. The second kappa shape index (κ2) is 7.66. The van der Waals surface area contributed by atoms with E-state index in [9.17, 15) is 9.18 Å². The number of benzene rings is 1. The smallest absolute Gasteiger partial charge is 0.251 e. The molecule has 0 bridgehead atoms. The molecule has 0 aliphatic carbocycles. The highest BCUT2D eigenvalue weighted by molar-refractivity contribution is 5.94. The standard InChI is InChI=1S/C13H14FN3O.ClH/c14-12-4-2-11(3-5-12)13(18)16-6-1-8-17-9-7-15-10-17;/h2-5,7,9-10H,1,6,8H2,(H,16,18);1H. The predicted octanol–water partition coefficient (Wildman–Crippen LogP) is -2.65. The molecule has 1 aromatic carbocycles. The van der Waals surface area contributed by atoms with Gasteiger partial charge in [0.15, 0.2) is 6.34 Å². The van der Waals surface area contributed by atoms with Crippen molar-refractivity contribution in [2.75, 3.05) is 13.1 Å². The minimum atomic E-state index is -0.338. The van der Waals surface area contributed by atoms with Gasteiger partial charge in [0.05, 0.1) is 12.7 Å². The molecule has 19 heavy (non-hydrogen) atoms. The summed E-state index contributed by atoms with van der Waals surface area (Å²) in [6.45, 7) is 1.49. The lowest BCUT2D eigenvalue weighted by Crippen LogP contribution is -3.05. The normalized spacial score (nSPS) is 16.2. The third-order valence-corrected chi connectivity index (χ3v) is 2.65. The number of amides is 1. The van der Waals surface area contributed by atoms with Gasteiger partial charge in [0.25, 0.3) is 5.91 Å². The van der Waals surface area contributed by atoms with E-state index in [4.69, 9.17) is 0 Å². The molecule has 1 amide bonds. The minimum absolute atomic E-state index is 0. The Morgan fingerprint density at radius 1 is 1.32 bits per heavy atom. The summed E-state index contributed by atoms with van der Waals surface area (Å²) in [7, 11) is 0. The van der Waals surface area contributed by atoms with Crippen LogP contribution in [0.4, 0.5) is 4.39 Å². The summed E-state index contributed by atoms with van der Waals surface area (Å²) in [6, 6.07) is 5.52. The van der Waals surface area contributed by atoms with Crippen LogP contribution in [0.2, 0.25) is 0 Å². The van der Waals surface area contributed by atoms with Crippen molar-refractivity contribution < 1.29 is 26.5 Å². The molecule has 2 rings (SSSR count). The van der Waals surface area contributed by atoms with E-state index in [0.717, 1.165) is 13.0 Å². The first-order valence-corrected chi connectivity index (χ1v) is 5.85. The van der Waals surface area contributed by atoms with Gasteiger partial charge in [0.2, 0.25) is 0 Å². The van der Waals surface area contributed by atoms with Crippen molar-refractivity contribution in [3.05, 3.63) is 48.0 Å². The fraction of sp³-hybridized carbons (Fsp3) is 0.231. The second-order valence-electron chi connectivity index (χ2n) is 4.04. The first kappa shape index (κ1) is 15.3. The van der Waals surface area contributed by atoms with Gasteiger partial charge in [0.1, 0.15) is 12.0 Å². The van der Waals surface area contributed by atoms with Crippen LogP contribution in [0.5, 0.6) is 0 Å². The van der Waals surface area contributed by atoms with Crippen molar-refractivity contribution in [3.63, 3.8) is 0 Å². The van der Waals surface area contributed by atoms with E-state index in [-0.39, 0.29) is 24.1 Å². The van der Waals surface area contributed by atoms with E-state index in [2.05, 4.69) is 10.3 Å². The van der Waals surface area contributed by atoms with Crippen LogP contribution in [0.3, 0.4) is 0 Å². The van der Waals surface area contributed by atoms with Gasteiger partial charge in [0, 0.05) is 18.5 Å². The van der Waals surface area contributed by atoms with E-state index in [1.165, 1.54) is 29.2 Å². The molecule has 0 fully saturated rings. The lowest BCUT2D eigenvalue weighted by atomic mass is 10.2.